The predicted octanol–water partition coefficient (Wildman–Crippen LogP) is 1.47. The van der Waals surface area contributed by atoms with Gasteiger partial charge in [-0.3, -0.25) is 9.59 Å². The molecular weight excluding hydrogens is 262 g/mol. The fourth-order valence-corrected chi connectivity index (χ4v) is 2.98. The van der Waals surface area contributed by atoms with Crippen molar-refractivity contribution in [1.82, 2.24) is 15.2 Å². The van der Waals surface area contributed by atoms with Gasteiger partial charge in [0.2, 0.25) is 11.8 Å². The van der Waals surface area contributed by atoms with Crippen molar-refractivity contribution >= 4 is 23.2 Å². The van der Waals surface area contributed by atoms with Crippen LogP contribution in [0.1, 0.15) is 37.4 Å². The Labute approximate surface area is 117 Å². The number of thiazole rings is 1. The Morgan fingerprint density at radius 3 is 2.79 bits per heavy atom. The van der Waals surface area contributed by atoms with E-state index >= 15 is 0 Å². The molecular formula is C13H19N3O2S. The minimum absolute atomic E-state index is 0.00167. The Balaban J connectivity index is 2.15. The van der Waals surface area contributed by atoms with Gasteiger partial charge in [0, 0.05) is 11.1 Å². The fraction of sp³-hybridized carbons (Fsp3) is 0.615. The lowest BCUT2D eigenvalue weighted by atomic mass is 10.0. The highest BCUT2D eigenvalue weighted by atomic mass is 32.1. The maximum absolute atomic E-state index is 12.4. The zero-order valence-corrected chi connectivity index (χ0v) is 12.3. The Kier molecular flexibility index (Phi) is 4.19. The molecule has 0 saturated carbocycles. The quantitative estimate of drug-likeness (QED) is 0.909. The number of rotatable bonds is 4. The zero-order valence-electron chi connectivity index (χ0n) is 11.5. The van der Waals surface area contributed by atoms with Crippen LogP contribution >= 0.6 is 11.3 Å². The molecule has 1 aromatic heterocycles. The summed E-state index contributed by atoms with van der Waals surface area (Å²) in [4.78, 5) is 30.3. The molecule has 2 atom stereocenters. The van der Waals surface area contributed by atoms with Crippen molar-refractivity contribution in [2.45, 2.75) is 52.2 Å². The second kappa shape index (κ2) is 5.69. The molecule has 104 valence electrons. The Bertz CT molecular complexity index is 486. The van der Waals surface area contributed by atoms with Crippen LogP contribution in [0.15, 0.2) is 5.38 Å². The third-order valence-corrected chi connectivity index (χ3v) is 4.25. The number of carbonyl (C=O) groups is 2. The van der Waals surface area contributed by atoms with Gasteiger partial charge < -0.3 is 10.2 Å². The highest BCUT2D eigenvalue weighted by Crippen LogP contribution is 2.18. The van der Waals surface area contributed by atoms with E-state index in [9.17, 15) is 9.59 Å². The Morgan fingerprint density at radius 1 is 1.47 bits per heavy atom. The van der Waals surface area contributed by atoms with Crippen LogP contribution in [-0.2, 0) is 16.1 Å². The van der Waals surface area contributed by atoms with Gasteiger partial charge in [-0.1, -0.05) is 13.3 Å². The first kappa shape index (κ1) is 14.0. The number of carbonyl (C=O) groups excluding carboxylic acids is 2. The van der Waals surface area contributed by atoms with E-state index in [0.717, 1.165) is 17.1 Å². The van der Waals surface area contributed by atoms with Crippen LogP contribution in [0.5, 0.6) is 0 Å². The first-order valence-electron chi connectivity index (χ1n) is 6.54. The van der Waals surface area contributed by atoms with Crippen LogP contribution in [0.3, 0.4) is 0 Å². The first-order chi connectivity index (χ1) is 9.02. The van der Waals surface area contributed by atoms with Crippen molar-refractivity contribution in [2.75, 3.05) is 0 Å². The average Bonchev–Trinajstić information content (AvgIpc) is 2.77. The predicted molar refractivity (Wildman–Crippen MR) is 73.7 cm³/mol. The molecule has 1 fully saturated rings. The molecule has 1 saturated heterocycles. The number of nitrogens with zero attached hydrogens (tertiary/aromatic N) is 2. The topological polar surface area (TPSA) is 62.3 Å². The van der Waals surface area contributed by atoms with Crippen LogP contribution in [0.25, 0.3) is 0 Å². The molecule has 1 aromatic rings. The number of aromatic nitrogens is 1. The van der Waals surface area contributed by atoms with E-state index in [0.29, 0.717) is 13.0 Å². The molecule has 5 nitrogen and oxygen atoms in total. The standard InChI is InChI=1S/C13H19N3O2S/c1-4-5-10-13(18)16(9(3)12(17)15-10)6-11-14-8(2)7-19-11/h7,9-10H,4-6H2,1-3H3,(H,15,17). The van der Waals surface area contributed by atoms with Crippen LogP contribution < -0.4 is 5.32 Å². The molecule has 19 heavy (non-hydrogen) atoms. The highest BCUT2D eigenvalue weighted by molar-refractivity contribution is 7.09. The summed E-state index contributed by atoms with van der Waals surface area (Å²) in [6.07, 6.45) is 1.56. The van der Waals surface area contributed by atoms with Crippen molar-refractivity contribution in [3.05, 3.63) is 16.1 Å². The fourth-order valence-electron chi connectivity index (χ4n) is 2.21. The molecule has 0 bridgehead atoms. The molecule has 0 aromatic carbocycles. The summed E-state index contributed by atoms with van der Waals surface area (Å²) < 4.78 is 0. The molecule has 1 N–H and O–H groups in total. The average molecular weight is 281 g/mol. The van der Waals surface area contributed by atoms with Gasteiger partial charge in [-0.05, 0) is 20.3 Å². The summed E-state index contributed by atoms with van der Waals surface area (Å²) >= 11 is 1.53. The molecule has 2 heterocycles. The van der Waals surface area contributed by atoms with Crippen molar-refractivity contribution < 1.29 is 9.59 Å². The number of hydrogen-bond donors (Lipinski definition) is 1. The van der Waals surface area contributed by atoms with Gasteiger partial charge in [-0.2, -0.15) is 0 Å². The van der Waals surface area contributed by atoms with Crippen LogP contribution in [0, 0.1) is 6.92 Å². The normalized spacial score (nSPS) is 23.6. The maximum atomic E-state index is 12.4. The molecule has 1 aliphatic heterocycles. The van der Waals surface area contributed by atoms with Crippen LogP contribution in [0.4, 0.5) is 0 Å². The third-order valence-electron chi connectivity index (χ3n) is 3.29. The maximum Gasteiger partial charge on any atom is 0.246 e. The van der Waals surface area contributed by atoms with Gasteiger partial charge in [0.15, 0.2) is 0 Å². The summed E-state index contributed by atoms with van der Waals surface area (Å²) in [5, 5.41) is 5.62. The Hall–Kier alpha value is -1.43. The molecule has 2 amide bonds. The van der Waals surface area contributed by atoms with Gasteiger partial charge in [0.1, 0.15) is 17.1 Å². The summed E-state index contributed by atoms with van der Waals surface area (Å²) in [6, 6.07) is -0.806. The van der Waals surface area contributed by atoms with E-state index in [4.69, 9.17) is 0 Å². The number of hydrogen-bond acceptors (Lipinski definition) is 4. The van der Waals surface area contributed by atoms with Crippen molar-refractivity contribution in [2.24, 2.45) is 0 Å². The second-order valence-electron chi connectivity index (χ2n) is 4.87. The Morgan fingerprint density at radius 2 is 2.21 bits per heavy atom. The minimum Gasteiger partial charge on any atom is -0.343 e. The lowest BCUT2D eigenvalue weighted by molar-refractivity contribution is -0.149. The smallest absolute Gasteiger partial charge is 0.246 e. The molecule has 6 heteroatoms. The summed E-state index contributed by atoms with van der Waals surface area (Å²) in [7, 11) is 0. The first-order valence-corrected chi connectivity index (χ1v) is 7.42. The van der Waals surface area contributed by atoms with Gasteiger partial charge in [-0.25, -0.2) is 4.98 Å². The summed E-state index contributed by atoms with van der Waals surface area (Å²) in [6.45, 7) is 6.11. The second-order valence-corrected chi connectivity index (χ2v) is 5.82. The third kappa shape index (κ3) is 2.94. The van der Waals surface area contributed by atoms with E-state index < -0.39 is 6.04 Å². The highest BCUT2D eigenvalue weighted by Gasteiger charge is 2.37. The van der Waals surface area contributed by atoms with Crippen LogP contribution in [-0.4, -0.2) is 33.8 Å². The monoisotopic (exact) mass is 281 g/mol. The van der Waals surface area contributed by atoms with Crippen molar-refractivity contribution in [3.63, 3.8) is 0 Å². The SMILES string of the molecule is CCCC1NC(=O)C(C)N(Cc2nc(C)cs2)C1=O. The van der Waals surface area contributed by atoms with Crippen LogP contribution in [0.2, 0.25) is 0 Å². The van der Waals surface area contributed by atoms with Gasteiger partial charge in [-0.15, -0.1) is 11.3 Å². The number of nitrogens with one attached hydrogen (secondary N) is 1. The molecule has 0 radical (unpaired) electrons. The van der Waals surface area contributed by atoms with Crippen molar-refractivity contribution in [1.29, 1.82) is 0 Å². The van der Waals surface area contributed by atoms with Gasteiger partial charge >= 0.3 is 0 Å². The lowest BCUT2D eigenvalue weighted by Crippen LogP contribution is -2.61. The zero-order chi connectivity index (χ0) is 14.0. The van der Waals surface area contributed by atoms with E-state index in [-0.39, 0.29) is 17.9 Å². The van der Waals surface area contributed by atoms with E-state index in [1.54, 1.807) is 11.8 Å². The summed E-state index contributed by atoms with van der Waals surface area (Å²) in [5.41, 5.74) is 0.951. The van der Waals surface area contributed by atoms with E-state index in [1.807, 2.05) is 19.2 Å². The molecule has 0 spiro atoms. The van der Waals surface area contributed by atoms with Crippen molar-refractivity contribution in [3.8, 4) is 0 Å². The molecule has 0 aliphatic carbocycles. The molecule has 2 rings (SSSR count). The molecule has 1 aliphatic rings. The largest absolute Gasteiger partial charge is 0.343 e. The van der Waals surface area contributed by atoms with Gasteiger partial charge in [0.25, 0.3) is 0 Å². The minimum atomic E-state index is -0.426. The van der Waals surface area contributed by atoms with E-state index in [1.165, 1.54) is 11.3 Å². The number of piperazine rings is 1. The lowest BCUT2D eigenvalue weighted by Gasteiger charge is -2.36. The van der Waals surface area contributed by atoms with Gasteiger partial charge in [0.05, 0.1) is 6.54 Å². The van der Waals surface area contributed by atoms with E-state index in [2.05, 4.69) is 10.3 Å². The number of aryl methyl sites for hydroxylation is 1. The number of amides is 2. The summed E-state index contributed by atoms with van der Waals surface area (Å²) in [5.74, 6) is -0.0758. The molecule has 2 unspecified atom stereocenters.